The molecule has 128 valence electrons. The Morgan fingerprint density at radius 2 is 1.91 bits per heavy atom. The Hall–Kier alpha value is -1.35. The number of hydrogen-bond acceptors (Lipinski definition) is 3. The molecular formula is C20H31NO2. The molecule has 0 radical (unpaired) electrons. The first kappa shape index (κ1) is 18.0. The molecular weight excluding hydrogens is 286 g/mol. The molecule has 0 unspecified atom stereocenters. The van der Waals surface area contributed by atoms with Gasteiger partial charge >= 0.3 is 5.97 Å². The molecule has 1 aliphatic heterocycles. The summed E-state index contributed by atoms with van der Waals surface area (Å²) in [5.74, 6) is 0.345. The molecule has 1 heterocycles. The first-order valence-corrected chi connectivity index (χ1v) is 8.68. The average Bonchev–Trinajstić information content (AvgIpc) is 2.51. The summed E-state index contributed by atoms with van der Waals surface area (Å²) in [6, 6.07) is 10.4. The number of benzene rings is 1. The van der Waals surface area contributed by atoms with Crippen LogP contribution in [0.25, 0.3) is 0 Å². The predicted octanol–water partition coefficient (Wildman–Crippen LogP) is 4.22. The van der Waals surface area contributed by atoms with Crippen LogP contribution in [-0.2, 0) is 15.1 Å². The summed E-state index contributed by atoms with van der Waals surface area (Å²) in [6.45, 7) is 11.9. The number of ether oxygens (including phenoxy) is 1. The Balaban J connectivity index is 2.51. The lowest BCUT2D eigenvalue weighted by Gasteiger charge is -2.52. The van der Waals surface area contributed by atoms with Gasteiger partial charge in [-0.25, -0.2) is 0 Å². The van der Waals surface area contributed by atoms with Gasteiger partial charge in [-0.15, -0.1) is 0 Å². The van der Waals surface area contributed by atoms with Crippen molar-refractivity contribution in [1.29, 1.82) is 0 Å². The molecule has 1 aromatic carbocycles. The number of esters is 1. The third-order valence-corrected chi connectivity index (χ3v) is 5.47. The van der Waals surface area contributed by atoms with E-state index in [4.69, 9.17) is 4.74 Å². The minimum Gasteiger partial charge on any atom is -0.452 e. The number of likely N-dealkylation sites (N-methyl/N-ethyl adjacent to an activating group) is 1. The van der Waals surface area contributed by atoms with Crippen LogP contribution in [0.2, 0.25) is 0 Å². The molecule has 0 amide bonds. The number of likely N-dealkylation sites (tertiary alicyclic amines) is 1. The minimum atomic E-state index is -0.570. The van der Waals surface area contributed by atoms with Crippen molar-refractivity contribution in [1.82, 2.24) is 4.90 Å². The largest absolute Gasteiger partial charge is 0.452 e. The Morgan fingerprint density at radius 1 is 1.30 bits per heavy atom. The fourth-order valence-corrected chi connectivity index (χ4v) is 3.58. The van der Waals surface area contributed by atoms with Crippen LogP contribution in [-0.4, -0.2) is 30.5 Å². The van der Waals surface area contributed by atoms with E-state index in [9.17, 15) is 4.79 Å². The van der Waals surface area contributed by atoms with E-state index in [1.165, 1.54) is 0 Å². The number of rotatable bonds is 3. The van der Waals surface area contributed by atoms with Crippen LogP contribution in [0.5, 0.6) is 0 Å². The molecule has 1 aromatic rings. The third kappa shape index (κ3) is 3.60. The average molecular weight is 317 g/mol. The van der Waals surface area contributed by atoms with Gasteiger partial charge in [0.05, 0.1) is 6.04 Å². The van der Waals surface area contributed by atoms with Gasteiger partial charge in [-0.2, -0.15) is 0 Å². The third-order valence-electron chi connectivity index (χ3n) is 5.47. The van der Waals surface area contributed by atoms with Crippen molar-refractivity contribution >= 4 is 5.97 Å². The molecule has 2 rings (SSSR count). The minimum absolute atomic E-state index is 0.122. The molecule has 0 spiro atoms. The maximum Gasteiger partial charge on any atom is 0.306 e. The van der Waals surface area contributed by atoms with E-state index < -0.39 is 5.60 Å². The summed E-state index contributed by atoms with van der Waals surface area (Å²) in [5, 5.41) is 0. The number of carbonyl (C=O) groups excluding carboxylic acids is 1. The van der Waals surface area contributed by atoms with Crippen LogP contribution in [0.3, 0.4) is 0 Å². The van der Waals surface area contributed by atoms with Crippen LogP contribution in [0.1, 0.15) is 53.0 Å². The molecule has 1 aliphatic rings. The topological polar surface area (TPSA) is 29.5 Å². The molecule has 0 N–H and O–H groups in total. The Bertz CT molecular complexity index is 534. The highest BCUT2D eigenvalue weighted by Crippen LogP contribution is 2.47. The van der Waals surface area contributed by atoms with Crippen molar-refractivity contribution in [2.24, 2.45) is 11.3 Å². The van der Waals surface area contributed by atoms with Gasteiger partial charge in [0.15, 0.2) is 5.60 Å². The summed E-state index contributed by atoms with van der Waals surface area (Å²) in [6.07, 6.45) is 1.28. The highest BCUT2D eigenvalue weighted by molar-refractivity contribution is 5.70. The lowest BCUT2D eigenvalue weighted by molar-refractivity contribution is -0.182. The van der Waals surface area contributed by atoms with E-state index in [1.807, 2.05) is 25.1 Å². The number of hydrogen-bond donors (Lipinski definition) is 0. The lowest BCUT2D eigenvalue weighted by Crippen LogP contribution is -2.58. The van der Waals surface area contributed by atoms with Crippen LogP contribution < -0.4 is 0 Å². The molecule has 3 atom stereocenters. The summed E-state index contributed by atoms with van der Waals surface area (Å²) in [7, 11) is 2.14. The second-order valence-corrected chi connectivity index (χ2v) is 7.97. The van der Waals surface area contributed by atoms with Crippen molar-refractivity contribution in [2.75, 3.05) is 13.6 Å². The fourth-order valence-electron chi connectivity index (χ4n) is 3.58. The molecule has 0 aliphatic carbocycles. The zero-order valence-corrected chi connectivity index (χ0v) is 15.4. The van der Waals surface area contributed by atoms with E-state index in [-0.39, 0.29) is 17.4 Å². The SMILES string of the molecule is CCC(=O)O[C@]1(c2ccccc2)C[C@H](C(C)(C)C)CN(C)[C@H]1C. The maximum absolute atomic E-state index is 12.2. The second-order valence-electron chi connectivity index (χ2n) is 7.97. The zero-order chi connectivity index (χ0) is 17.3. The summed E-state index contributed by atoms with van der Waals surface area (Å²) < 4.78 is 6.14. The maximum atomic E-state index is 12.2. The highest BCUT2D eigenvalue weighted by atomic mass is 16.6. The van der Waals surface area contributed by atoms with Crippen molar-refractivity contribution in [3.05, 3.63) is 35.9 Å². The molecule has 1 fully saturated rings. The smallest absolute Gasteiger partial charge is 0.306 e. The Morgan fingerprint density at radius 3 is 2.43 bits per heavy atom. The van der Waals surface area contributed by atoms with Gasteiger partial charge in [0.25, 0.3) is 0 Å². The molecule has 0 saturated carbocycles. The van der Waals surface area contributed by atoms with Crippen LogP contribution in [0.15, 0.2) is 30.3 Å². The summed E-state index contributed by atoms with van der Waals surface area (Å²) >= 11 is 0. The number of piperidine rings is 1. The Kier molecular flexibility index (Phi) is 5.20. The fraction of sp³-hybridized carbons (Fsp3) is 0.650. The molecule has 3 nitrogen and oxygen atoms in total. The normalized spacial score (nSPS) is 29.3. The van der Waals surface area contributed by atoms with Crippen molar-refractivity contribution in [3.63, 3.8) is 0 Å². The first-order valence-electron chi connectivity index (χ1n) is 8.68. The summed E-state index contributed by atoms with van der Waals surface area (Å²) in [5.41, 5.74) is 0.710. The van der Waals surface area contributed by atoms with E-state index in [0.717, 1.165) is 18.5 Å². The van der Waals surface area contributed by atoms with Gasteiger partial charge in [-0.1, -0.05) is 58.0 Å². The molecule has 0 aromatic heterocycles. The molecule has 3 heteroatoms. The zero-order valence-electron chi connectivity index (χ0n) is 15.4. The highest BCUT2D eigenvalue weighted by Gasteiger charge is 2.50. The second kappa shape index (κ2) is 6.64. The quantitative estimate of drug-likeness (QED) is 0.782. The van der Waals surface area contributed by atoms with E-state index >= 15 is 0 Å². The van der Waals surface area contributed by atoms with Gasteiger partial charge in [-0.05, 0) is 37.3 Å². The Labute approximate surface area is 141 Å². The standard InChI is InChI=1S/C20H31NO2/c1-7-18(22)23-20(16-11-9-8-10-12-16)13-17(19(3,4)5)14-21(6)15(20)2/h8-12,15,17H,7,13-14H2,1-6H3/t15-,17-,20+/m0/s1. The van der Waals surface area contributed by atoms with Crippen LogP contribution >= 0.6 is 0 Å². The van der Waals surface area contributed by atoms with Gasteiger partial charge in [0.2, 0.25) is 0 Å². The van der Waals surface area contributed by atoms with Gasteiger partial charge in [0, 0.05) is 13.0 Å². The first-order chi connectivity index (χ1) is 10.7. The number of nitrogens with zero attached hydrogens (tertiary/aromatic N) is 1. The van der Waals surface area contributed by atoms with E-state index in [2.05, 4.69) is 51.8 Å². The monoisotopic (exact) mass is 317 g/mol. The van der Waals surface area contributed by atoms with Crippen molar-refractivity contribution in [3.8, 4) is 0 Å². The van der Waals surface area contributed by atoms with Gasteiger partial charge in [0.1, 0.15) is 0 Å². The molecule has 1 saturated heterocycles. The van der Waals surface area contributed by atoms with Gasteiger partial charge in [-0.3, -0.25) is 9.69 Å². The lowest BCUT2D eigenvalue weighted by atomic mass is 9.67. The summed E-state index contributed by atoms with van der Waals surface area (Å²) in [4.78, 5) is 14.6. The van der Waals surface area contributed by atoms with Crippen molar-refractivity contribution < 1.29 is 9.53 Å². The van der Waals surface area contributed by atoms with Crippen LogP contribution in [0, 0.1) is 11.3 Å². The van der Waals surface area contributed by atoms with Crippen LogP contribution in [0.4, 0.5) is 0 Å². The molecule has 23 heavy (non-hydrogen) atoms. The predicted molar refractivity (Wildman–Crippen MR) is 94.2 cm³/mol. The van der Waals surface area contributed by atoms with E-state index in [1.54, 1.807) is 0 Å². The van der Waals surface area contributed by atoms with E-state index in [0.29, 0.717) is 12.3 Å². The number of carbonyl (C=O) groups is 1. The van der Waals surface area contributed by atoms with Crippen molar-refractivity contribution in [2.45, 2.75) is 59.1 Å². The van der Waals surface area contributed by atoms with Gasteiger partial charge < -0.3 is 4.74 Å². The molecule has 0 bridgehead atoms.